The second-order valence-corrected chi connectivity index (χ2v) is 8.45. The summed E-state index contributed by atoms with van der Waals surface area (Å²) in [4.78, 5) is 29.4. The fourth-order valence-electron chi connectivity index (χ4n) is 3.44. The van der Waals surface area contributed by atoms with Crippen LogP contribution >= 0.6 is 0 Å². The van der Waals surface area contributed by atoms with Crippen molar-refractivity contribution in [3.63, 3.8) is 0 Å². The lowest BCUT2D eigenvalue weighted by molar-refractivity contribution is -0.193. The van der Waals surface area contributed by atoms with Gasteiger partial charge in [0.1, 0.15) is 11.7 Å². The molecule has 1 fully saturated rings. The lowest BCUT2D eigenvalue weighted by atomic mass is 10.0. The van der Waals surface area contributed by atoms with E-state index in [0.717, 1.165) is 29.6 Å². The molecule has 0 radical (unpaired) electrons. The number of halogens is 7. The maximum atomic E-state index is 13.9. The van der Waals surface area contributed by atoms with Gasteiger partial charge in [-0.3, -0.25) is 4.79 Å². The first-order chi connectivity index (χ1) is 19.0. The van der Waals surface area contributed by atoms with E-state index in [1.165, 1.54) is 0 Å². The van der Waals surface area contributed by atoms with Gasteiger partial charge < -0.3 is 26.6 Å². The van der Waals surface area contributed by atoms with E-state index in [4.69, 9.17) is 25.5 Å². The molecule has 3 aromatic rings. The number of fused-ring (bicyclic) bond motifs is 1. The van der Waals surface area contributed by atoms with Crippen LogP contribution in [0.3, 0.4) is 0 Å². The predicted octanol–water partition coefficient (Wildman–Crippen LogP) is 3.18. The Morgan fingerprint density at radius 3 is 2.05 bits per heavy atom. The highest BCUT2D eigenvalue weighted by Gasteiger charge is 2.38. The molecular weight excluding hydrogens is 571 g/mol. The van der Waals surface area contributed by atoms with Gasteiger partial charge in [-0.2, -0.15) is 31.4 Å². The Kier molecular flexibility index (Phi) is 11.2. The average Bonchev–Trinajstić information content (AvgIpc) is 3.32. The Morgan fingerprint density at radius 1 is 1.00 bits per heavy atom. The number of carbonyl (C=O) groups is 3. The number of aromatic nitrogens is 2. The van der Waals surface area contributed by atoms with Crippen LogP contribution in [0.1, 0.15) is 22.3 Å². The fraction of sp³-hybridized carbons (Fsp3) is 0.333. The topological polar surface area (TPSA) is 160 Å². The molecule has 1 aliphatic rings. The average molecular weight is 595 g/mol. The highest BCUT2D eigenvalue weighted by atomic mass is 19.4. The summed E-state index contributed by atoms with van der Waals surface area (Å²) >= 11 is 0. The summed E-state index contributed by atoms with van der Waals surface area (Å²) in [6.07, 6.45) is -8.35. The molecule has 2 heterocycles. The number of primary amides is 1. The third-order valence-electron chi connectivity index (χ3n) is 5.46. The maximum Gasteiger partial charge on any atom is 0.490 e. The molecule has 1 aromatic heterocycles. The second-order valence-electron chi connectivity index (χ2n) is 8.45. The molecule has 4 rings (SSSR count). The van der Waals surface area contributed by atoms with Gasteiger partial charge in [-0.1, -0.05) is 24.3 Å². The molecule has 6 N–H and O–H groups in total. The van der Waals surface area contributed by atoms with Crippen molar-refractivity contribution >= 4 is 28.7 Å². The van der Waals surface area contributed by atoms with Gasteiger partial charge in [0.15, 0.2) is 0 Å². The number of hydrogen-bond donors (Lipinski definition) is 5. The summed E-state index contributed by atoms with van der Waals surface area (Å²) in [7, 11) is 0. The van der Waals surface area contributed by atoms with Gasteiger partial charge in [-0.05, 0) is 36.7 Å². The predicted molar refractivity (Wildman–Crippen MR) is 130 cm³/mol. The lowest BCUT2D eigenvalue weighted by Gasteiger charge is -2.27. The zero-order valence-corrected chi connectivity index (χ0v) is 20.8. The van der Waals surface area contributed by atoms with Gasteiger partial charge in [-0.15, -0.1) is 0 Å². The molecule has 1 aliphatic heterocycles. The van der Waals surface area contributed by atoms with Gasteiger partial charge in [0.05, 0.1) is 11.3 Å². The summed E-state index contributed by atoms with van der Waals surface area (Å²) in [6.45, 7) is 1.88. The Morgan fingerprint density at radius 2 is 1.56 bits per heavy atom. The summed E-state index contributed by atoms with van der Waals surface area (Å²) in [6, 6.07) is 13.2. The monoisotopic (exact) mass is 595 g/mol. The van der Waals surface area contributed by atoms with Crippen molar-refractivity contribution in [3.8, 4) is 5.69 Å². The molecule has 0 saturated carbocycles. The lowest BCUT2D eigenvalue weighted by Crippen LogP contribution is -2.48. The molecule has 1 saturated heterocycles. The number of rotatable bonds is 5. The van der Waals surface area contributed by atoms with Gasteiger partial charge in [0.2, 0.25) is 0 Å². The number of benzene rings is 2. The van der Waals surface area contributed by atoms with Crippen molar-refractivity contribution in [2.45, 2.75) is 37.5 Å². The van der Waals surface area contributed by atoms with E-state index in [9.17, 15) is 35.5 Å². The molecule has 0 bridgehead atoms. The molecule has 0 unspecified atom stereocenters. The molecule has 0 aliphatic carbocycles. The molecule has 2 aromatic carbocycles. The smallest absolute Gasteiger partial charge is 0.475 e. The third kappa shape index (κ3) is 10.0. The Labute approximate surface area is 226 Å². The quantitative estimate of drug-likeness (QED) is 0.281. The van der Waals surface area contributed by atoms with Crippen molar-refractivity contribution in [2.75, 3.05) is 13.1 Å². The van der Waals surface area contributed by atoms with E-state index in [1.807, 2.05) is 36.5 Å². The van der Waals surface area contributed by atoms with Crippen LogP contribution in [0.4, 0.5) is 30.7 Å². The highest BCUT2D eigenvalue weighted by molar-refractivity contribution is 6.04. The van der Waals surface area contributed by atoms with E-state index in [1.54, 1.807) is 16.8 Å². The number of piperidine rings is 1. The molecule has 0 spiro atoms. The van der Waals surface area contributed by atoms with E-state index < -0.39 is 36.4 Å². The number of nitrogens with two attached hydrogens (primary N) is 1. The van der Waals surface area contributed by atoms with Crippen molar-refractivity contribution in [2.24, 2.45) is 5.73 Å². The maximum absolute atomic E-state index is 13.9. The molecule has 224 valence electrons. The molecule has 41 heavy (non-hydrogen) atoms. The van der Waals surface area contributed by atoms with Crippen LogP contribution in [0.5, 0.6) is 0 Å². The Balaban J connectivity index is 0.000000349. The molecular formula is C24H24F7N5O5. The number of carbonyl (C=O) groups excluding carboxylic acids is 1. The summed E-state index contributed by atoms with van der Waals surface area (Å²) in [5.74, 6) is -6.00. The number of carboxylic acids is 2. The first-order valence-corrected chi connectivity index (χ1v) is 11.6. The zero-order chi connectivity index (χ0) is 31.0. The van der Waals surface area contributed by atoms with Crippen LogP contribution in [-0.4, -0.2) is 75.5 Å². The highest BCUT2D eigenvalue weighted by Crippen LogP contribution is 2.20. The normalized spacial score (nSPS) is 17.0. The first-order valence-electron chi connectivity index (χ1n) is 11.6. The zero-order valence-electron chi connectivity index (χ0n) is 20.8. The van der Waals surface area contributed by atoms with E-state index in [2.05, 4.69) is 15.7 Å². The van der Waals surface area contributed by atoms with Crippen LogP contribution in [0, 0.1) is 0 Å². The summed E-state index contributed by atoms with van der Waals surface area (Å²) in [5.41, 5.74) is 8.40. The summed E-state index contributed by atoms with van der Waals surface area (Å²) in [5, 5.41) is 26.0. The van der Waals surface area contributed by atoms with Gasteiger partial charge in [0.25, 0.3) is 5.91 Å². The van der Waals surface area contributed by atoms with Gasteiger partial charge in [0, 0.05) is 30.7 Å². The number of aliphatic carboxylic acids is 2. The minimum Gasteiger partial charge on any atom is -0.475 e. The standard InChI is InChI=1S/C20H22FN5O.2C2HF3O2/c21-17-11-23-9-8-18(17)24-10-13-4-6-15(7-5-13)26-12-14-2-1-3-16(20(22)27)19(14)25-26;2*3-2(4,5)1(6)7/h1-7,12,17-18,23-24H,8-11H2,(H2,22,27);2*(H,6,7)/t17-,18-;;/m1../s1. The Hall–Kier alpha value is -4.25. The number of hydrogen-bond acceptors (Lipinski definition) is 6. The van der Waals surface area contributed by atoms with E-state index >= 15 is 0 Å². The van der Waals surface area contributed by atoms with Gasteiger partial charge >= 0.3 is 24.3 Å². The second kappa shape index (κ2) is 13.9. The van der Waals surface area contributed by atoms with Crippen LogP contribution in [0.2, 0.25) is 0 Å². The number of nitrogens with zero attached hydrogens (tertiary/aromatic N) is 2. The largest absolute Gasteiger partial charge is 0.490 e. The van der Waals surface area contributed by atoms with E-state index in [0.29, 0.717) is 24.2 Å². The van der Waals surface area contributed by atoms with Crippen molar-refractivity contribution in [3.05, 3.63) is 59.8 Å². The number of carboxylic acid groups (broad SMARTS) is 2. The fourth-order valence-corrected chi connectivity index (χ4v) is 3.44. The SMILES string of the molecule is NC(=O)c1cccc2cn(-c3ccc(CN[C@@H]4CCNC[C@H]4F)cc3)nc12.O=C(O)C(F)(F)F.O=C(O)C(F)(F)F. The molecule has 1 amide bonds. The Bertz CT molecular complexity index is 1320. The number of alkyl halides is 7. The van der Waals surface area contributed by atoms with Crippen LogP contribution < -0.4 is 16.4 Å². The minimum atomic E-state index is -5.08. The van der Waals surface area contributed by atoms with Crippen molar-refractivity contribution in [1.29, 1.82) is 0 Å². The summed E-state index contributed by atoms with van der Waals surface area (Å²) < 4.78 is 79.1. The van der Waals surface area contributed by atoms with Crippen molar-refractivity contribution in [1.82, 2.24) is 20.4 Å². The van der Waals surface area contributed by atoms with Crippen LogP contribution in [-0.2, 0) is 16.1 Å². The van der Waals surface area contributed by atoms with Crippen molar-refractivity contribution < 1.29 is 55.3 Å². The molecule has 17 heteroatoms. The van der Waals surface area contributed by atoms with Crippen LogP contribution in [0.25, 0.3) is 16.6 Å². The molecule has 10 nitrogen and oxygen atoms in total. The minimum absolute atomic E-state index is 0.102. The number of nitrogens with one attached hydrogen (secondary N) is 2. The first kappa shape index (κ1) is 33.0. The molecule has 2 atom stereocenters. The third-order valence-corrected chi connectivity index (χ3v) is 5.46. The van der Waals surface area contributed by atoms with Crippen LogP contribution in [0.15, 0.2) is 48.7 Å². The van der Waals surface area contributed by atoms with E-state index in [-0.39, 0.29) is 6.04 Å². The van der Waals surface area contributed by atoms with Gasteiger partial charge in [-0.25, -0.2) is 18.7 Å². The number of amides is 1.